The molecule has 0 saturated carbocycles. The molecule has 3 N–H and O–H groups in total. The molecule has 0 aliphatic rings. The standard InChI is InChI=1S/C26H30N4O2/c1-2-3-11-24-25(29-26(31)30(24)18-7-8-20-16-17-27-19-20)28-21-12-14-23(15-13-21)32-22-9-5-4-6-10-22/h4-6,9-10,12-17,19,27-28H,2-3,7-8,11,18H2,1H3,(H,29,31). The number of nitrogens with zero attached hydrogens (tertiary/aromatic N) is 1. The molecule has 2 aromatic carbocycles. The van der Waals surface area contributed by atoms with Crippen LogP contribution in [0.2, 0.25) is 0 Å². The van der Waals surface area contributed by atoms with Crippen molar-refractivity contribution in [3.8, 4) is 11.5 Å². The molecule has 6 heteroatoms. The minimum atomic E-state index is -0.0586. The van der Waals surface area contributed by atoms with Crippen molar-refractivity contribution in [1.29, 1.82) is 0 Å². The molecule has 166 valence electrons. The van der Waals surface area contributed by atoms with E-state index in [1.807, 2.05) is 71.6 Å². The molecule has 0 saturated heterocycles. The fraction of sp³-hybridized carbons (Fsp3) is 0.269. The van der Waals surface area contributed by atoms with Gasteiger partial charge < -0.3 is 15.0 Å². The Morgan fingerprint density at radius 2 is 1.72 bits per heavy atom. The average Bonchev–Trinajstić information content (AvgIpc) is 3.43. The maximum atomic E-state index is 12.7. The van der Waals surface area contributed by atoms with E-state index < -0.39 is 0 Å². The second-order valence-corrected chi connectivity index (χ2v) is 7.89. The Bertz CT molecular complexity index is 1140. The number of rotatable bonds is 11. The number of aryl methyl sites for hydroxylation is 1. The molecule has 0 unspecified atom stereocenters. The summed E-state index contributed by atoms with van der Waals surface area (Å²) in [4.78, 5) is 18.8. The van der Waals surface area contributed by atoms with Crippen molar-refractivity contribution < 1.29 is 4.74 Å². The molecular weight excluding hydrogens is 400 g/mol. The Morgan fingerprint density at radius 3 is 2.44 bits per heavy atom. The normalized spacial score (nSPS) is 10.9. The molecule has 0 atom stereocenters. The first kappa shape index (κ1) is 21.6. The fourth-order valence-electron chi connectivity index (χ4n) is 3.78. The second kappa shape index (κ2) is 10.6. The molecule has 4 rings (SSSR count). The lowest BCUT2D eigenvalue weighted by Crippen LogP contribution is -2.19. The summed E-state index contributed by atoms with van der Waals surface area (Å²) in [5, 5.41) is 3.40. The highest BCUT2D eigenvalue weighted by atomic mass is 16.5. The van der Waals surface area contributed by atoms with Gasteiger partial charge in [-0.1, -0.05) is 31.5 Å². The molecule has 0 bridgehead atoms. The SMILES string of the molecule is CCCCc1c(Nc2ccc(Oc3ccccc3)cc2)[nH]c(=O)n1CCCc1cc[nH]c1. The van der Waals surface area contributed by atoms with Gasteiger partial charge in [-0.3, -0.25) is 9.55 Å². The van der Waals surface area contributed by atoms with Crippen LogP contribution in [0.1, 0.15) is 37.4 Å². The summed E-state index contributed by atoms with van der Waals surface area (Å²) < 4.78 is 7.75. The van der Waals surface area contributed by atoms with E-state index in [9.17, 15) is 4.79 Å². The van der Waals surface area contributed by atoms with E-state index in [1.165, 1.54) is 5.56 Å². The van der Waals surface area contributed by atoms with E-state index in [1.54, 1.807) is 0 Å². The summed E-state index contributed by atoms with van der Waals surface area (Å²) in [5.41, 5.74) is 3.15. The number of hydrogen-bond acceptors (Lipinski definition) is 3. The molecule has 0 aliphatic carbocycles. The number of benzene rings is 2. The van der Waals surface area contributed by atoms with E-state index in [0.717, 1.165) is 60.8 Å². The summed E-state index contributed by atoms with van der Waals surface area (Å²) in [7, 11) is 0. The van der Waals surface area contributed by atoms with E-state index in [4.69, 9.17) is 4.74 Å². The van der Waals surface area contributed by atoms with Gasteiger partial charge in [-0.15, -0.1) is 0 Å². The first-order valence-electron chi connectivity index (χ1n) is 11.3. The Morgan fingerprint density at radius 1 is 0.938 bits per heavy atom. The smallest absolute Gasteiger partial charge is 0.327 e. The molecule has 0 spiro atoms. The molecule has 0 fully saturated rings. The zero-order valence-electron chi connectivity index (χ0n) is 18.4. The van der Waals surface area contributed by atoms with Gasteiger partial charge in [-0.25, -0.2) is 4.79 Å². The van der Waals surface area contributed by atoms with E-state index in [0.29, 0.717) is 6.54 Å². The predicted molar refractivity (Wildman–Crippen MR) is 129 cm³/mol. The fourth-order valence-corrected chi connectivity index (χ4v) is 3.78. The number of anilines is 2. The molecule has 6 nitrogen and oxygen atoms in total. The van der Waals surface area contributed by atoms with Crippen LogP contribution in [0.4, 0.5) is 11.5 Å². The highest BCUT2D eigenvalue weighted by Crippen LogP contribution is 2.25. The number of H-pyrrole nitrogens is 2. The zero-order chi connectivity index (χ0) is 22.2. The Hall–Kier alpha value is -3.67. The van der Waals surface area contributed by atoms with Crippen molar-refractivity contribution in [2.45, 2.75) is 45.6 Å². The highest BCUT2D eigenvalue weighted by Gasteiger charge is 2.14. The van der Waals surface area contributed by atoms with Gasteiger partial charge in [0.05, 0.1) is 5.69 Å². The molecule has 4 aromatic rings. The zero-order valence-corrected chi connectivity index (χ0v) is 18.4. The molecule has 32 heavy (non-hydrogen) atoms. The van der Waals surface area contributed by atoms with Crippen LogP contribution in [0.25, 0.3) is 0 Å². The predicted octanol–water partition coefficient (Wildman–Crippen LogP) is 6.02. The van der Waals surface area contributed by atoms with Crippen LogP contribution in [0, 0.1) is 0 Å². The van der Waals surface area contributed by atoms with Gasteiger partial charge in [-0.2, -0.15) is 0 Å². The lowest BCUT2D eigenvalue weighted by atomic mass is 10.1. The van der Waals surface area contributed by atoms with Crippen molar-refractivity contribution in [3.63, 3.8) is 0 Å². The average molecular weight is 431 g/mol. The van der Waals surface area contributed by atoms with Crippen LogP contribution in [0.5, 0.6) is 11.5 Å². The van der Waals surface area contributed by atoms with Crippen LogP contribution in [0.15, 0.2) is 77.9 Å². The first-order valence-corrected chi connectivity index (χ1v) is 11.3. The van der Waals surface area contributed by atoms with Gasteiger partial charge in [0.1, 0.15) is 17.3 Å². The molecule has 2 aromatic heterocycles. The summed E-state index contributed by atoms with van der Waals surface area (Å²) in [6.45, 7) is 2.87. The summed E-state index contributed by atoms with van der Waals surface area (Å²) in [6, 6.07) is 19.6. The van der Waals surface area contributed by atoms with E-state index in [2.05, 4.69) is 28.3 Å². The minimum Gasteiger partial charge on any atom is -0.457 e. The summed E-state index contributed by atoms with van der Waals surface area (Å²) in [5.74, 6) is 2.35. The van der Waals surface area contributed by atoms with Crippen molar-refractivity contribution in [2.24, 2.45) is 0 Å². The number of imidazole rings is 1. The molecule has 0 aliphatic heterocycles. The number of unbranched alkanes of at least 4 members (excludes halogenated alkanes) is 1. The third-order valence-electron chi connectivity index (χ3n) is 5.47. The van der Waals surface area contributed by atoms with Crippen molar-refractivity contribution in [2.75, 3.05) is 5.32 Å². The van der Waals surface area contributed by atoms with Gasteiger partial charge in [0.15, 0.2) is 0 Å². The lowest BCUT2D eigenvalue weighted by molar-refractivity contribution is 0.483. The van der Waals surface area contributed by atoms with Crippen LogP contribution in [-0.4, -0.2) is 14.5 Å². The molecule has 0 amide bonds. The van der Waals surface area contributed by atoms with Crippen molar-refractivity contribution >= 4 is 11.5 Å². The topological polar surface area (TPSA) is 74.8 Å². The van der Waals surface area contributed by atoms with Crippen molar-refractivity contribution in [3.05, 3.63) is 94.8 Å². The largest absolute Gasteiger partial charge is 0.457 e. The molecule has 2 heterocycles. The summed E-state index contributed by atoms with van der Waals surface area (Å²) >= 11 is 0. The number of aromatic nitrogens is 3. The maximum absolute atomic E-state index is 12.7. The van der Waals surface area contributed by atoms with Gasteiger partial charge in [0.2, 0.25) is 0 Å². The van der Waals surface area contributed by atoms with E-state index in [-0.39, 0.29) is 5.69 Å². The Kier molecular flexibility index (Phi) is 7.12. The van der Waals surface area contributed by atoms with Crippen LogP contribution in [0.3, 0.4) is 0 Å². The van der Waals surface area contributed by atoms with Gasteiger partial charge in [0, 0.05) is 24.6 Å². The summed E-state index contributed by atoms with van der Waals surface area (Å²) in [6.07, 6.45) is 8.77. The van der Waals surface area contributed by atoms with Crippen LogP contribution < -0.4 is 15.7 Å². The maximum Gasteiger partial charge on any atom is 0.327 e. The van der Waals surface area contributed by atoms with Gasteiger partial charge in [0.25, 0.3) is 0 Å². The quantitative estimate of drug-likeness (QED) is 0.272. The monoisotopic (exact) mass is 430 g/mol. The van der Waals surface area contributed by atoms with Gasteiger partial charge in [-0.05, 0) is 73.7 Å². The lowest BCUT2D eigenvalue weighted by Gasteiger charge is -2.11. The minimum absolute atomic E-state index is 0.0586. The first-order chi connectivity index (χ1) is 15.7. The number of ether oxygens (including phenoxy) is 1. The Balaban J connectivity index is 1.46. The van der Waals surface area contributed by atoms with Crippen LogP contribution >= 0.6 is 0 Å². The van der Waals surface area contributed by atoms with E-state index >= 15 is 0 Å². The second-order valence-electron chi connectivity index (χ2n) is 7.89. The number of hydrogen-bond donors (Lipinski definition) is 3. The van der Waals surface area contributed by atoms with Crippen molar-refractivity contribution in [1.82, 2.24) is 14.5 Å². The molecular formula is C26H30N4O2. The third kappa shape index (κ3) is 5.52. The number of aromatic amines is 2. The Labute approximate surface area is 188 Å². The molecule has 0 radical (unpaired) electrons. The number of para-hydroxylation sites is 1. The highest BCUT2D eigenvalue weighted by molar-refractivity contribution is 5.59. The number of nitrogens with one attached hydrogen (secondary N) is 3. The van der Waals surface area contributed by atoms with Gasteiger partial charge >= 0.3 is 5.69 Å². The van der Waals surface area contributed by atoms with Crippen LogP contribution in [-0.2, 0) is 19.4 Å². The third-order valence-corrected chi connectivity index (χ3v) is 5.47.